The van der Waals surface area contributed by atoms with Crippen molar-refractivity contribution in [1.29, 1.82) is 0 Å². The molecule has 1 aromatic rings. The maximum atomic E-state index is 12.1. The molecule has 0 aromatic heterocycles. The molecule has 2 rings (SSSR count). The van der Waals surface area contributed by atoms with Crippen molar-refractivity contribution in [3.8, 4) is 5.75 Å². The lowest BCUT2D eigenvalue weighted by Gasteiger charge is -2.16. The number of ether oxygens (including phenoxy) is 2. The van der Waals surface area contributed by atoms with E-state index in [-0.39, 0.29) is 25.2 Å². The van der Waals surface area contributed by atoms with Gasteiger partial charge in [-0.05, 0) is 38.1 Å². The number of benzene rings is 1. The molecule has 0 bridgehead atoms. The Morgan fingerprint density at radius 2 is 1.95 bits per heavy atom. The number of amides is 1. The van der Waals surface area contributed by atoms with Crippen molar-refractivity contribution in [3.63, 3.8) is 0 Å². The summed E-state index contributed by atoms with van der Waals surface area (Å²) in [5.41, 5.74) is 0.460. The molecule has 1 aliphatic heterocycles. The average molecular weight is 293 g/mol. The van der Waals surface area contributed by atoms with Crippen molar-refractivity contribution in [1.82, 2.24) is 5.32 Å². The van der Waals surface area contributed by atoms with Gasteiger partial charge in [0.2, 0.25) is 0 Å². The van der Waals surface area contributed by atoms with Crippen LogP contribution in [-0.2, 0) is 9.53 Å². The Hall–Kier alpha value is -2.08. The highest BCUT2D eigenvalue weighted by molar-refractivity contribution is 5.94. The van der Waals surface area contributed by atoms with E-state index < -0.39 is 17.9 Å². The number of nitrogens with one attached hydrogen (secondary N) is 1. The number of hydrogen-bond donors (Lipinski definition) is 2. The quantitative estimate of drug-likeness (QED) is 0.855. The van der Waals surface area contributed by atoms with Crippen LogP contribution in [0.4, 0.5) is 0 Å². The van der Waals surface area contributed by atoms with E-state index in [0.29, 0.717) is 11.3 Å². The molecule has 21 heavy (non-hydrogen) atoms. The van der Waals surface area contributed by atoms with Crippen LogP contribution in [0, 0.1) is 5.92 Å². The van der Waals surface area contributed by atoms with Crippen LogP contribution in [0.15, 0.2) is 24.3 Å². The van der Waals surface area contributed by atoms with Crippen LogP contribution < -0.4 is 10.1 Å². The molecule has 1 amide bonds. The second-order valence-corrected chi connectivity index (χ2v) is 5.25. The molecular weight excluding hydrogens is 274 g/mol. The summed E-state index contributed by atoms with van der Waals surface area (Å²) in [6.07, 6.45) is 0.0663. The highest BCUT2D eigenvalue weighted by Crippen LogP contribution is 2.16. The molecule has 2 N–H and O–H groups in total. The van der Waals surface area contributed by atoms with Gasteiger partial charge in [0, 0.05) is 5.56 Å². The first-order valence-electron chi connectivity index (χ1n) is 6.85. The Kier molecular flexibility index (Phi) is 4.80. The smallest absolute Gasteiger partial charge is 0.311 e. The Balaban J connectivity index is 1.98. The van der Waals surface area contributed by atoms with Gasteiger partial charge in [-0.1, -0.05) is 0 Å². The first kappa shape index (κ1) is 15.3. The third-order valence-electron chi connectivity index (χ3n) is 3.20. The number of carboxylic acids is 1. The van der Waals surface area contributed by atoms with Crippen LogP contribution in [0.2, 0.25) is 0 Å². The Bertz CT molecular complexity index is 511. The Morgan fingerprint density at radius 1 is 1.29 bits per heavy atom. The number of carbonyl (C=O) groups is 2. The zero-order chi connectivity index (χ0) is 15.4. The third kappa shape index (κ3) is 3.95. The first-order chi connectivity index (χ1) is 9.97. The zero-order valence-electron chi connectivity index (χ0n) is 12.0. The van der Waals surface area contributed by atoms with Crippen molar-refractivity contribution in [2.24, 2.45) is 5.92 Å². The van der Waals surface area contributed by atoms with E-state index in [1.807, 2.05) is 13.8 Å². The molecule has 114 valence electrons. The lowest BCUT2D eigenvalue weighted by atomic mass is 10.0. The molecule has 0 spiro atoms. The summed E-state index contributed by atoms with van der Waals surface area (Å²) in [5.74, 6) is -1.28. The highest BCUT2D eigenvalue weighted by atomic mass is 16.5. The summed E-state index contributed by atoms with van der Waals surface area (Å²) < 4.78 is 10.6. The second-order valence-electron chi connectivity index (χ2n) is 5.25. The van der Waals surface area contributed by atoms with E-state index in [4.69, 9.17) is 14.6 Å². The van der Waals surface area contributed by atoms with E-state index >= 15 is 0 Å². The van der Waals surface area contributed by atoms with Gasteiger partial charge in [-0.15, -0.1) is 0 Å². The van der Waals surface area contributed by atoms with Gasteiger partial charge < -0.3 is 19.9 Å². The summed E-state index contributed by atoms with van der Waals surface area (Å²) >= 11 is 0. The molecule has 1 saturated heterocycles. The Morgan fingerprint density at radius 3 is 2.52 bits per heavy atom. The first-order valence-corrected chi connectivity index (χ1v) is 6.85. The van der Waals surface area contributed by atoms with Gasteiger partial charge in [-0.25, -0.2) is 0 Å². The molecule has 1 aromatic carbocycles. The average Bonchev–Trinajstić information content (AvgIpc) is 2.87. The standard InChI is InChI=1S/C15H19NO5/c1-9(2)21-11-5-3-10(4-6-11)14(17)16-13-8-20-7-12(13)15(18)19/h3-6,9,12-13H,7-8H2,1-2H3,(H,16,17)(H,18,19). The normalized spacial score (nSPS) is 21.3. The third-order valence-corrected chi connectivity index (χ3v) is 3.20. The lowest BCUT2D eigenvalue weighted by Crippen LogP contribution is -2.42. The largest absolute Gasteiger partial charge is 0.491 e. The van der Waals surface area contributed by atoms with Crippen LogP contribution in [0.3, 0.4) is 0 Å². The number of carboxylic acid groups (broad SMARTS) is 1. The summed E-state index contributed by atoms with van der Waals surface area (Å²) in [4.78, 5) is 23.1. The van der Waals surface area contributed by atoms with Crippen LogP contribution in [0.25, 0.3) is 0 Å². The van der Waals surface area contributed by atoms with Crippen molar-refractivity contribution in [3.05, 3.63) is 29.8 Å². The molecule has 1 aliphatic rings. The number of rotatable bonds is 5. The fraction of sp³-hybridized carbons (Fsp3) is 0.467. The van der Waals surface area contributed by atoms with Gasteiger partial charge in [0.05, 0.1) is 25.4 Å². The fourth-order valence-electron chi connectivity index (χ4n) is 2.15. The second kappa shape index (κ2) is 6.58. The molecule has 0 saturated carbocycles. The lowest BCUT2D eigenvalue weighted by molar-refractivity contribution is -0.142. The molecule has 0 aliphatic carbocycles. The number of carbonyl (C=O) groups excluding carboxylic acids is 1. The van der Waals surface area contributed by atoms with Crippen molar-refractivity contribution >= 4 is 11.9 Å². The number of hydrogen-bond acceptors (Lipinski definition) is 4. The molecule has 2 unspecified atom stereocenters. The molecule has 0 radical (unpaired) electrons. The van der Waals surface area contributed by atoms with Gasteiger partial charge in [0.1, 0.15) is 11.7 Å². The highest BCUT2D eigenvalue weighted by Gasteiger charge is 2.35. The molecule has 6 heteroatoms. The van der Waals surface area contributed by atoms with E-state index in [1.165, 1.54) is 0 Å². The molecule has 1 heterocycles. The van der Waals surface area contributed by atoms with Gasteiger partial charge in [-0.3, -0.25) is 9.59 Å². The minimum Gasteiger partial charge on any atom is -0.491 e. The predicted octanol–water partition coefficient (Wildman–Crippen LogP) is 1.30. The topological polar surface area (TPSA) is 84.9 Å². The van der Waals surface area contributed by atoms with Gasteiger partial charge in [-0.2, -0.15) is 0 Å². The minimum absolute atomic E-state index is 0.0663. The maximum absolute atomic E-state index is 12.1. The summed E-state index contributed by atoms with van der Waals surface area (Å²) in [7, 11) is 0. The van der Waals surface area contributed by atoms with Crippen molar-refractivity contribution in [2.75, 3.05) is 13.2 Å². The summed E-state index contributed by atoms with van der Waals surface area (Å²) in [5, 5.41) is 11.7. The van der Waals surface area contributed by atoms with Crippen LogP contribution in [-0.4, -0.2) is 42.3 Å². The molecule has 2 atom stereocenters. The fourth-order valence-corrected chi connectivity index (χ4v) is 2.15. The van der Waals surface area contributed by atoms with Gasteiger partial charge in [0.25, 0.3) is 5.91 Å². The Labute approximate surface area is 123 Å². The van der Waals surface area contributed by atoms with E-state index in [2.05, 4.69) is 5.32 Å². The predicted molar refractivity (Wildman–Crippen MR) is 75.4 cm³/mol. The molecule has 1 fully saturated rings. The number of aliphatic carboxylic acids is 1. The van der Waals surface area contributed by atoms with E-state index in [9.17, 15) is 9.59 Å². The molecule has 6 nitrogen and oxygen atoms in total. The summed E-state index contributed by atoms with van der Waals surface area (Å²) in [6, 6.07) is 6.24. The van der Waals surface area contributed by atoms with Crippen LogP contribution in [0.1, 0.15) is 24.2 Å². The monoisotopic (exact) mass is 293 g/mol. The minimum atomic E-state index is -0.960. The maximum Gasteiger partial charge on any atom is 0.311 e. The molecular formula is C15H19NO5. The van der Waals surface area contributed by atoms with Gasteiger partial charge >= 0.3 is 5.97 Å². The summed E-state index contributed by atoms with van der Waals surface area (Å²) in [6.45, 7) is 4.19. The van der Waals surface area contributed by atoms with E-state index in [0.717, 1.165) is 0 Å². The van der Waals surface area contributed by atoms with Crippen LogP contribution in [0.5, 0.6) is 5.75 Å². The van der Waals surface area contributed by atoms with Crippen molar-refractivity contribution in [2.45, 2.75) is 26.0 Å². The van der Waals surface area contributed by atoms with Crippen LogP contribution >= 0.6 is 0 Å². The van der Waals surface area contributed by atoms with Crippen molar-refractivity contribution < 1.29 is 24.2 Å². The van der Waals surface area contributed by atoms with Gasteiger partial charge in [0.15, 0.2) is 0 Å². The van der Waals surface area contributed by atoms with E-state index in [1.54, 1.807) is 24.3 Å². The SMILES string of the molecule is CC(C)Oc1ccc(C(=O)NC2COCC2C(=O)O)cc1. The zero-order valence-corrected chi connectivity index (χ0v) is 12.0.